The van der Waals surface area contributed by atoms with Crippen LogP contribution in [0.1, 0.15) is 30.5 Å². The Morgan fingerprint density at radius 3 is 2.78 bits per heavy atom. The molecule has 2 amide bonds. The second-order valence-electron chi connectivity index (χ2n) is 6.08. The maximum absolute atomic E-state index is 12.4. The van der Waals surface area contributed by atoms with Crippen molar-refractivity contribution in [3.05, 3.63) is 30.2 Å². The first-order valence-electron chi connectivity index (χ1n) is 8.81. The minimum atomic E-state index is -0.425. The lowest BCUT2D eigenvalue weighted by Crippen LogP contribution is -2.46. The van der Waals surface area contributed by atoms with Crippen LogP contribution in [0.25, 0.3) is 11.5 Å². The summed E-state index contributed by atoms with van der Waals surface area (Å²) in [6.07, 6.45) is 0.963. The summed E-state index contributed by atoms with van der Waals surface area (Å²) in [7, 11) is 1.57. The Morgan fingerprint density at radius 2 is 2.07 bits per heavy atom. The van der Waals surface area contributed by atoms with Crippen LogP contribution in [0.3, 0.4) is 0 Å². The van der Waals surface area contributed by atoms with Crippen molar-refractivity contribution in [2.45, 2.75) is 25.8 Å². The molecule has 0 bridgehead atoms. The van der Waals surface area contributed by atoms with Crippen LogP contribution in [0.5, 0.6) is 5.75 Å². The number of rotatable bonds is 5. The van der Waals surface area contributed by atoms with Crippen LogP contribution in [0.4, 0.5) is 4.79 Å². The Bertz CT molecular complexity index is 799. The number of piperidine rings is 1. The first kappa shape index (κ1) is 18.7. The lowest BCUT2D eigenvalue weighted by Gasteiger charge is -2.31. The summed E-state index contributed by atoms with van der Waals surface area (Å²) in [5.41, 5.74) is 0.670. The van der Waals surface area contributed by atoms with E-state index in [1.165, 1.54) is 0 Å². The normalized spacial score (nSPS) is 14.7. The molecule has 0 spiro atoms. The number of ether oxygens (including phenoxy) is 2. The van der Waals surface area contributed by atoms with E-state index in [0.29, 0.717) is 43.9 Å². The van der Waals surface area contributed by atoms with Gasteiger partial charge in [0.05, 0.1) is 13.7 Å². The fraction of sp³-hybridized carbons (Fsp3) is 0.444. The maximum atomic E-state index is 12.4. The molecule has 1 saturated heterocycles. The van der Waals surface area contributed by atoms with E-state index in [0.717, 1.165) is 0 Å². The molecule has 1 N–H and O–H groups in total. The first-order valence-corrected chi connectivity index (χ1v) is 8.81. The van der Waals surface area contributed by atoms with Crippen LogP contribution in [-0.4, -0.2) is 59.9 Å². The Kier molecular flexibility index (Phi) is 5.90. The summed E-state index contributed by atoms with van der Waals surface area (Å²) in [4.78, 5) is 25.7. The lowest BCUT2D eigenvalue weighted by molar-refractivity contribution is 0.0836. The molecule has 0 radical (unpaired) electrons. The summed E-state index contributed by atoms with van der Waals surface area (Å²) in [6.45, 7) is 3.18. The molecular formula is C18H22N4O5. The highest BCUT2D eigenvalue weighted by molar-refractivity contribution is 5.89. The fourth-order valence-corrected chi connectivity index (χ4v) is 2.86. The largest absolute Gasteiger partial charge is 0.497 e. The third-order valence-corrected chi connectivity index (χ3v) is 4.29. The van der Waals surface area contributed by atoms with Gasteiger partial charge in [0.1, 0.15) is 5.75 Å². The van der Waals surface area contributed by atoms with Gasteiger partial charge in [-0.3, -0.25) is 4.79 Å². The van der Waals surface area contributed by atoms with Crippen molar-refractivity contribution in [3.8, 4) is 17.2 Å². The topological polar surface area (TPSA) is 107 Å². The number of carbonyl (C=O) groups excluding carboxylic acids is 2. The predicted molar refractivity (Wildman–Crippen MR) is 95.4 cm³/mol. The van der Waals surface area contributed by atoms with E-state index < -0.39 is 5.91 Å². The summed E-state index contributed by atoms with van der Waals surface area (Å²) < 4.78 is 15.6. The summed E-state index contributed by atoms with van der Waals surface area (Å²) in [5, 5.41) is 10.6. The molecule has 9 nitrogen and oxygen atoms in total. The highest BCUT2D eigenvalue weighted by atomic mass is 16.6. The number of carbonyl (C=O) groups is 2. The van der Waals surface area contributed by atoms with E-state index in [1.54, 1.807) is 43.2 Å². The van der Waals surface area contributed by atoms with E-state index in [4.69, 9.17) is 13.9 Å². The number of nitrogens with zero attached hydrogens (tertiary/aromatic N) is 3. The molecule has 0 unspecified atom stereocenters. The molecule has 3 rings (SSSR count). The standard InChI is InChI=1S/C18H22N4O5/c1-3-26-18(24)22-9-7-13(8-10-22)19-15(23)17-21-20-16(27-17)12-5-4-6-14(11-12)25-2/h4-6,11,13H,3,7-10H2,1-2H3,(H,19,23). The van der Waals surface area contributed by atoms with E-state index in [1.807, 2.05) is 0 Å². The molecule has 1 fully saturated rings. The number of methoxy groups -OCH3 is 1. The molecule has 0 saturated carbocycles. The summed E-state index contributed by atoms with van der Waals surface area (Å²) in [6, 6.07) is 7.09. The summed E-state index contributed by atoms with van der Waals surface area (Å²) in [5.74, 6) is 0.383. The Balaban J connectivity index is 1.56. The number of nitrogens with one attached hydrogen (secondary N) is 1. The molecule has 1 aromatic heterocycles. The Morgan fingerprint density at radius 1 is 1.30 bits per heavy atom. The van der Waals surface area contributed by atoms with Gasteiger partial charge in [-0.2, -0.15) is 0 Å². The third-order valence-electron chi connectivity index (χ3n) is 4.29. The van der Waals surface area contributed by atoms with Gasteiger partial charge < -0.3 is 24.1 Å². The van der Waals surface area contributed by atoms with Crippen molar-refractivity contribution in [2.75, 3.05) is 26.8 Å². The quantitative estimate of drug-likeness (QED) is 0.854. The number of amides is 2. The molecule has 0 atom stereocenters. The Labute approximate surface area is 156 Å². The van der Waals surface area contributed by atoms with Gasteiger partial charge in [0.2, 0.25) is 5.89 Å². The highest BCUT2D eigenvalue weighted by Crippen LogP contribution is 2.22. The number of aromatic nitrogens is 2. The predicted octanol–water partition coefficient (Wildman–Crippen LogP) is 2.10. The maximum Gasteiger partial charge on any atom is 0.409 e. The van der Waals surface area contributed by atoms with Crippen LogP contribution < -0.4 is 10.1 Å². The SMILES string of the molecule is CCOC(=O)N1CCC(NC(=O)c2nnc(-c3cccc(OC)c3)o2)CC1. The minimum absolute atomic E-state index is 0.0599. The number of hydrogen-bond acceptors (Lipinski definition) is 7. The van der Waals surface area contributed by atoms with Crippen molar-refractivity contribution in [3.63, 3.8) is 0 Å². The van der Waals surface area contributed by atoms with Crippen molar-refractivity contribution < 1.29 is 23.5 Å². The smallest absolute Gasteiger partial charge is 0.409 e. The zero-order valence-electron chi connectivity index (χ0n) is 15.3. The molecule has 27 heavy (non-hydrogen) atoms. The molecule has 1 aliphatic heterocycles. The van der Waals surface area contributed by atoms with Crippen LogP contribution in [0.15, 0.2) is 28.7 Å². The average molecular weight is 374 g/mol. The molecule has 1 aromatic carbocycles. The molecule has 9 heteroatoms. The third kappa shape index (κ3) is 4.55. The fourth-order valence-electron chi connectivity index (χ4n) is 2.86. The van der Waals surface area contributed by atoms with E-state index in [9.17, 15) is 9.59 Å². The van der Waals surface area contributed by atoms with Crippen LogP contribution in [0.2, 0.25) is 0 Å². The monoisotopic (exact) mass is 374 g/mol. The van der Waals surface area contributed by atoms with Crippen molar-refractivity contribution in [2.24, 2.45) is 0 Å². The van der Waals surface area contributed by atoms with Gasteiger partial charge in [0.15, 0.2) is 0 Å². The summed E-state index contributed by atoms with van der Waals surface area (Å²) >= 11 is 0. The van der Waals surface area contributed by atoms with Crippen molar-refractivity contribution in [1.29, 1.82) is 0 Å². The molecule has 2 aromatic rings. The number of likely N-dealkylation sites (tertiary alicyclic amines) is 1. The van der Waals surface area contributed by atoms with Crippen LogP contribution in [0, 0.1) is 0 Å². The van der Waals surface area contributed by atoms with Crippen molar-refractivity contribution in [1.82, 2.24) is 20.4 Å². The first-order chi connectivity index (χ1) is 13.1. The highest BCUT2D eigenvalue weighted by Gasteiger charge is 2.26. The van der Waals surface area contributed by atoms with Gasteiger partial charge in [0.25, 0.3) is 0 Å². The van der Waals surface area contributed by atoms with Gasteiger partial charge in [-0.25, -0.2) is 4.79 Å². The zero-order valence-corrected chi connectivity index (χ0v) is 15.3. The van der Waals surface area contributed by atoms with Gasteiger partial charge >= 0.3 is 17.9 Å². The molecule has 1 aliphatic rings. The van der Waals surface area contributed by atoms with Crippen molar-refractivity contribution >= 4 is 12.0 Å². The van der Waals surface area contributed by atoms with Gasteiger partial charge in [-0.15, -0.1) is 10.2 Å². The molecule has 0 aliphatic carbocycles. The van der Waals surface area contributed by atoms with Crippen LogP contribution in [-0.2, 0) is 4.74 Å². The van der Waals surface area contributed by atoms with Gasteiger partial charge in [-0.05, 0) is 38.0 Å². The van der Waals surface area contributed by atoms with Gasteiger partial charge in [0, 0.05) is 24.7 Å². The number of benzene rings is 1. The number of hydrogen-bond donors (Lipinski definition) is 1. The Hall–Kier alpha value is -3.10. The minimum Gasteiger partial charge on any atom is -0.497 e. The second kappa shape index (κ2) is 8.52. The van der Waals surface area contributed by atoms with E-state index in [-0.39, 0.29) is 23.9 Å². The second-order valence-corrected chi connectivity index (χ2v) is 6.08. The molecular weight excluding hydrogens is 352 g/mol. The zero-order chi connectivity index (χ0) is 19.2. The lowest BCUT2D eigenvalue weighted by atomic mass is 10.1. The van der Waals surface area contributed by atoms with E-state index in [2.05, 4.69) is 15.5 Å². The van der Waals surface area contributed by atoms with E-state index >= 15 is 0 Å². The van der Waals surface area contributed by atoms with Gasteiger partial charge in [-0.1, -0.05) is 6.07 Å². The average Bonchev–Trinajstić information content (AvgIpc) is 3.19. The molecule has 2 heterocycles. The molecule has 144 valence electrons. The van der Waals surface area contributed by atoms with Crippen LogP contribution >= 0.6 is 0 Å².